The predicted octanol–water partition coefficient (Wildman–Crippen LogP) is 1.83. The second-order valence-corrected chi connectivity index (χ2v) is 9.06. The molecule has 124 valence electrons. The average Bonchev–Trinajstić information content (AvgIpc) is 2.94. The van der Waals surface area contributed by atoms with Crippen molar-refractivity contribution < 1.29 is 17.6 Å². The van der Waals surface area contributed by atoms with Crippen LogP contribution in [-0.4, -0.2) is 47.2 Å². The van der Waals surface area contributed by atoms with Gasteiger partial charge in [-0.1, -0.05) is 30.8 Å². The predicted molar refractivity (Wildman–Crippen MR) is 88.5 cm³/mol. The molecule has 0 aromatic heterocycles. The molecule has 0 bridgehead atoms. The molecule has 8 heteroatoms. The van der Waals surface area contributed by atoms with Crippen molar-refractivity contribution in [3.05, 3.63) is 35.6 Å². The molecule has 3 rings (SSSR count). The molecule has 1 aromatic carbocycles. The number of amidine groups is 1. The van der Waals surface area contributed by atoms with Crippen molar-refractivity contribution in [2.45, 2.75) is 31.2 Å². The Morgan fingerprint density at radius 1 is 1.35 bits per heavy atom. The van der Waals surface area contributed by atoms with Crippen LogP contribution in [0.25, 0.3) is 0 Å². The van der Waals surface area contributed by atoms with Crippen molar-refractivity contribution in [1.82, 2.24) is 4.90 Å². The lowest BCUT2D eigenvalue weighted by molar-refractivity contribution is -0.117. The summed E-state index contributed by atoms with van der Waals surface area (Å²) in [6.07, 6.45) is 0.308. The molecule has 5 nitrogen and oxygen atoms in total. The van der Waals surface area contributed by atoms with Crippen LogP contribution >= 0.6 is 11.8 Å². The van der Waals surface area contributed by atoms with E-state index in [9.17, 15) is 17.6 Å². The zero-order valence-corrected chi connectivity index (χ0v) is 14.2. The summed E-state index contributed by atoms with van der Waals surface area (Å²) >= 11 is 1.36. The van der Waals surface area contributed by atoms with Crippen LogP contribution in [0.4, 0.5) is 4.39 Å². The third-order valence-electron chi connectivity index (χ3n) is 3.96. The van der Waals surface area contributed by atoms with E-state index in [0.29, 0.717) is 18.1 Å². The SMILES string of the molecule is CCC(=O)N=C1S[C@H]2CS(=O)(=O)C[C@H]2N1Cc1ccc(F)cc1. The summed E-state index contributed by atoms with van der Waals surface area (Å²) in [7, 11) is -3.06. The molecule has 2 atom stereocenters. The number of sulfone groups is 1. The molecule has 1 aromatic rings. The fourth-order valence-corrected chi connectivity index (χ4v) is 6.76. The lowest BCUT2D eigenvalue weighted by Gasteiger charge is -2.24. The van der Waals surface area contributed by atoms with Gasteiger partial charge >= 0.3 is 0 Å². The van der Waals surface area contributed by atoms with E-state index in [1.165, 1.54) is 23.9 Å². The minimum Gasteiger partial charge on any atom is -0.342 e. The van der Waals surface area contributed by atoms with Crippen molar-refractivity contribution in [3.8, 4) is 0 Å². The van der Waals surface area contributed by atoms with Crippen molar-refractivity contribution >= 4 is 32.7 Å². The minimum absolute atomic E-state index is 0.0746. The number of rotatable bonds is 3. The fraction of sp³-hybridized carbons (Fsp3) is 0.467. The highest BCUT2D eigenvalue weighted by atomic mass is 32.2. The Kier molecular flexibility index (Phi) is 4.46. The molecule has 0 unspecified atom stereocenters. The Morgan fingerprint density at radius 3 is 2.70 bits per heavy atom. The molecule has 2 heterocycles. The number of fused-ring (bicyclic) bond motifs is 1. The van der Waals surface area contributed by atoms with Crippen LogP contribution < -0.4 is 0 Å². The number of carbonyl (C=O) groups is 1. The van der Waals surface area contributed by atoms with Crippen LogP contribution in [0.2, 0.25) is 0 Å². The Balaban J connectivity index is 1.88. The number of aliphatic imine (C=N–C) groups is 1. The lowest BCUT2D eigenvalue weighted by Crippen LogP contribution is -2.37. The Bertz CT molecular complexity index is 746. The van der Waals surface area contributed by atoms with Gasteiger partial charge in [0.25, 0.3) is 0 Å². The summed E-state index contributed by atoms with van der Waals surface area (Å²) in [4.78, 5) is 17.7. The molecule has 2 saturated heterocycles. The average molecular weight is 356 g/mol. The number of carbonyl (C=O) groups excluding carboxylic acids is 1. The number of benzene rings is 1. The van der Waals surface area contributed by atoms with Crippen LogP contribution in [0.3, 0.4) is 0 Å². The van der Waals surface area contributed by atoms with E-state index in [-0.39, 0.29) is 34.5 Å². The van der Waals surface area contributed by atoms with Crippen LogP contribution in [0.1, 0.15) is 18.9 Å². The fourth-order valence-electron chi connectivity index (χ4n) is 2.79. The number of hydrogen-bond donors (Lipinski definition) is 0. The second-order valence-electron chi connectivity index (χ2n) is 5.70. The van der Waals surface area contributed by atoms with Gasteiger partial charge in [-0.25, -0.2) is 12.8 Å². The summed E-state index contributed by atoms with van der Waals surface area (Å²) in [5, 5.41) is 0.481. The first-order valence-corrected chi connectivity index (χ1v) is 10.1. The van der Waals surface area contributed by atoms with E-state index < -0.39 is 9.84 Å². The number of hydrogen-bond acceptors (Lipinski definition) is 4. The Hall–Kier alpha value is -1.41. The van der Waals surface area contributed by atoms with Gasteiger partial charge in [0, 0.05) is 18.2 Å². The van der Waals surface area contributed by atoms with Gasteiger partial charge < -0.3 is 4.90 Å². The molecule has 2 aliphatic heterocycles. The van der Waals surface area contributed by atoms with E-state index in [2.05, 4.69) is 4.99 Å². The molecule has 0 N–H and O–H groups in total. The van der Waals surface area contributed by atoms with E-state index in [1.807, 2.05) is 4.90 Å². The number of thioether (sulfide) groups is 1. The zero-order valence-electron chi connectivity index (χ0n) is 12.6. The summed E-state index contributed by atoms with van der Waals surface area (Å²) in [5.74, 6) is -0.354. The van der Waals surface area contributed by atoms with Gasteiger partial charge in [0.1, 0.15) is 5.82 Å². The van der Waals surface area contributed by atoms with Crippen LogP contribution in [0.5, 0.6) is 0 Å². The van der Waals surface area contributed by atoms with Gasteiger partial charge in [-0.05, 0) is 17.7 Å². The molecular formula is C15H17FN2O3S2. The normalized spacial score (nSPS) is 27.4. The van der Waals surface area contributed by atoms with Crippen molar-refractivity contribution in [3.63, 3.8) is 0 Å². The third kappa shape index (κ3) is 3.58. The van der Waals surface area contributed by atoms with Gasteiger partial charge in [-0.15, -0.1) is 0 Å². The molecule has 2 fully saturated rings. The molecule has 0 aliphatic carbocycles. The maximum absolute atomic E-state index is 13.0. The van der Waals surface area contributed by atoms with Gasteiger partial charge in [0.15, 0.2) is 15.0 Å². The van der Waals surface area contributed by atoms with Crippen LogP contribution in [-0.2, 0) is 21.2 Å². The van der Waals surface area contributed by atoms with E-state index in [4.69, 9.17) is 0 Å². The summed E-state index contributed by atoms with van der Waals surface area (Å²) < 4.78 is 36.8. The van der Waals surface area contributed by atoms with Gasteiger partial charge in [-0.3, -0.25) is 4.79 Å². The standard InChI is InChI=1S/C15H17FN2O3S2/c1-2-14(19)17-15-18(7-10-3-5-11(16)6-4-10)12-8-23(20,21)9-13(12)22-15/h3-6,12-13H,2,7-9H2,1H3/t12-,13+/m1/s1. The first-order valence-electron chi connectivity index (χ1n) is 7.37. The maximum Gasteiger partial charge on any atom is 0.247 e. The highest BCUT2D eigenvalue weighted by Gasteiger charge is 2.48. The molecule has 2 aliphatic rings. The smallest absolute Gasteiger partial charge is 0.247 e. The molecule has 0 saturated carbocycles. The topological polar surface area (TPSA) is 66.8 Å². The van der Waals surface area contributed by atoms with Gasteiger partial charge in [0.05, 0.1) is 17.5 Å². The summed E-state index contributed by atoms with van der Waals surface area (Å²) in [6, 6.07) is 5.88. The largest absolute Gasteiger partial charge is 0.342 e. The number of amides is 1. The van der Waals surface area contributed by atoms with Gasteiger partial charge in [-0.2, -0.15) is 4.99 Å². The van der Waals surface area contributed by atoms with Gasteiger partial charge in [0.2, 0.25) is 5.91 Å². The maximum atomic E-state index is 13.0. The van der Waals surface area contributed by atoms with E-state index in [0.717, 1.165) is 5.56 Å². The highest BCUT2D eigenvalue weighted by Crippen LogP contribution is 2.39. The molecule has 23 heavy (non-hydrogen) atoms. The first-order chi connectivity index (χ1) is 10.9. The lowest BCUT2D eigenvalue weighted by atomic mass is 10.1. The monoisotopic (exact) mass is 356 g/mol. The Morgan fingerprint density at radius 2 is 2.04 bits per heavy atom. The van der Waals surface area contributed by atoms with E-state index >= 15 is 0 Å². The number of nitrogens with zero attached hydrogens (tertiary/aromatic N) is 2. The summed E-state index contributed by atoms with van der Waals surface area (Å²) in [6.45, 7) is 2.15. The van der Waals surface area contributed by atoms with Crippen molar-refractivity contribution in [1.29, 1.82) is 0 Å². The molecule has 1 amide bonds. The summed E-state index contributed by atoms with van der Waals surface area (Å²) in [5.41, 5.74) is 0.855. The van der Waals surface area contributed by atoms with Crippen molar-refractivity contribution in [2.75, 3.05) is 11.5 Å². The first kappa shape index (κ1) is 16.4. The second kappa shape index (κ2) is 6.24. The number of halogens is 1. The minimum atomic E-state index is -3.06. The molecular weight excluding hydrogens is 339 g/mol. The highest BCUT2D eigenvalue weighted by molar-refractivity contribution is 8.15. The third-order valence-corrected chi connectivity index (χ3v) is 7.21. The van der Waals surface area contributed by atoms with Crippen LogP contribution in [0.15, 0.2) is 29.3 Å². The Labute approximate surface area is 138 Å². The van der Waals surface area contributed by atoms with Crippen LogP contribution in [0, 0.1) is 5.82 Å². The quantitative estimate of drug-likeness (QED) is 0.827. The van der Waals surface area contributed by atoms with E-state index in [1.54, 1.807) is 19.1 Å². The zero-order chi connectivity index (χ0) is 16.6. The molecule has 0 radical (unpaired) electrons. The van der Waals surface area contributed by atoms with Crippen molar-refractivity contribution in [2.24, 2.45) is 4.99 Å². The molecule has 0 spiro atoms.